The highest BCUT2D eigenvalue weighted by Gasteiger charge is 2.24. The molecule has 0 aliphatic heterocycles. The van der Waals surface area contributed by atoms with Gasteiger partial charge in [0.25, 0.3) is 0 Å². The largest absolute Gasteiger partial charge is 0.496 e. The van der Waals surface area contributed by atoms with E-state index >= 15 is 0 Å². The molecular formula is C44H75N5O2S. The molecule has 0 bridgehead atoms. The van der Waals surface area contributed by atoms with E-state index in [9.17, 15) is 4.79 Å². The van der Waals surface area contributed by atoms with E-state index in [1.54, 1.807) is 46.3 Å². The number of methoxy groups -OCH3 is 1. The minimum atomic E-state index is 0.104. The summed E-state index contributed by atoms with van der Waals surface area (Å²) in [6.45, 7) is 22.8. The molecule has 1 aliphatic carbocycles. The van der Waals surface area contributed by atoms with Crippen molar-refractivity contribution < 1.29 is 9.53 Å². The van der Waals surface area contributed by atoms with E-state index in [1.165, 1.54) is 67.6 Å². The highest BCUT2D eigenvalue weighted by molar-refractivity contribution is 7.79. The predicted octanol–water partition coefficient (Wildman–Crippen LogP) is 12.1. The van der Waals surface area contributed by atoms with Crippen LogP contribution in [0.3, 0.4) is 0 Å². The van der Waals surface area contributed by atoms with Gasteiger partial charge in [-0.1, -0.05) is 58.6 Å². The average Bonchev–Trinajstić information content (AvgIpc) is 3.09. The molecule has 1 saturated carbocycles. The van der Waals surface area contributed by atoms with Crippen molar-refractivity contribution in [3.05, 3.63) is 76.6 Å². The molecule has 2 aromatic rings. The first kappa shape index (κ1) is 52.7. The molecule has 0 amide bonds. The zero-order valence-corrected chi connectivity index (χ0v) is 36.2. The van der Waals surface area contributed by atoms with Crippen LogP contribution >= 0.6 is 12.6 Å². The van der Waals surface area contributed by atoms with Gasteiger partial charge < -0.3 is 26.2 Å². The summed E-state index contributed by atoms with van der Waals surface area (Å²) in [6.07, 6.45) is 19.9. The number of thiol groups is 1. The quantitative estimate of drug-likeness (QED) is 0.0570. The van der Waals surface area contributed by atoms with Crippen LogP contribution < -0.4 is 10.5 Å². The van der Waals surface area contributed by atoms with Gasteiger partial charge >= 0.3 is 0 Å². The summed E-state index contributed by atoms with van der Waals surface area (Å²) >= 11 is 3.53. The molecule has 0 aromatic heterocycles. The number of carbonyl (C=O) groups excluding carboxylic acids is 1. The van der Waals surface area contributed by atoms with Crippen molar-refractivity contribution in [3.63, 3.8) is 0 Å². The van der Waals surface area contributed by atoms with Gasteiger partial charge in [0.2, 0.25) is 0 Å². The monoisotopic (exact) mass is 738 g/mol. The van der Waals surface area contributed by atoms with Crippen molar-refractivity contribution in [2.75, 3.05) is 32.7 Å². The predicted molar refractivity (Wildman–Crippen MR) is 237 cm³/mol. The summed E-state index contributed by atoms with van der Waals surface area (Å²) in [4.78, 5) is 17.8. The number of anilines is 1. The SMILES string of the molecule is C/C=C\N(C)CC(C)=N/C=C(\C)c1ccc(OC)c(C)c1C.CC=N.CC=N.CCCCCC1CC(C)C1.CCc1cc(N)ccc1C(C)=O.CS. The Morgan fingerprint density at radius 3 is 2.00 bits per heavy atom. The summed E-state index contributed by atoms with van der Waals surface area (Å²) in [6, 6.07) is 9.53. The van der Waals surface area contributed by atoms with Crippen LogP contribution in [0.15, 0.2) is 53.8 Å². The van der Waals surface area contributed by atoms with Crippen molar-refractivity contribution >= 4 is 47.8 Å². The number of nitrogens with one attached hydrogen (secondary N) is 2. The number of ketones is 1. The van der Waals surface area contributed by atoms with Gasteiger partial charge in [0.05, 0.1) is 13.7 Å². The summed E-state index contributed by atoms with van der Waals surface area (Å²) < 4.78 is 5.37. The number of rotatable bonds is 12. The van der Waals surface area contributed by atoms with Gasteiger partial charge in [0, 0.05) is 30.2 Å². The van der Waals surface area contributed by atoms with Crippen LogP contribution in [-0.4, -0.2) is 55.8 Å². The topological polar surface area (TPSA) is 116 Å². The number of hydrogen-bond donors (Lipinski definition) is 4. The van der Waals surface area contributed by atoms with Crippen molar-refractivity contribution in [2.24, 2.45) is 16.8 Å². The van der Waals surface area contributed by atoms with E-state index < -0.39 is 0 Å². The molecule has 52 heavy (non-hydrogen) atoms. The minimum Gasteiger partial charge on any atom is -0.496 e. The molecule has 0 atom stereocenters. The molecule has 2 aromatic carbocycles. The number of Topliss-reactive ketones (excluding diaryl/α,β-unsaturated/α-hetero) is 1. The van der Waals surface area contributed by atoms with Crippen LogP contribution in [0.25, 0.3) is 5.57 Å². The van der Waals surface area contributed by atoms with Gasteiger partial charge in [0.1, 0.15) is 5.75 Å². The van der Waals surface area contributed by atoms with Crippen LogP contribution in [0.4, 0.5) is 5.69 Å². The molecule has 0 saturated heterocycles. The maximum absolute atomic E-state index is 11.1. The Kier molecular flexibility index (Phi) is 33.7. The molecule has 3 rings (SSSR count). The Balaban J connectivity index is -0.000000673. The molecule has 0 unspecified atom stereocenters. The summed E-state index contributed by atoms with van der Waals surface area (Å²) in [5.41, 5.74) is 14.0. The molecule has 0 heterocycles. The summed E-state index contributed by atoms with van der Waals surface area (Å²) in [5, 5.41) is 12.2. The second kappa shape index (κ2) is 33.2. The highest BCUT2D eigenvalue weighted by atomic mass is 32.1. The zero-order chi connectivity index (χ0) is 40.6. The smallest absolute Gasteiger partial charge is 0.160 e. The lowest BCUT2D eigenvalue weighted by atomic mass is 9.74. The molecule has 8 heteroatoms. The first-order chi connectivity index (χ1) is 24.7. The number of aliphatic imine (C=N–C) groups is 1. The van der Waals surface area contributed by atoms with Crippen LogP contribution in [0.2, 0.25) is 0 Å². The molecule has 1 aliphatic rings. The lowest BCUT2D eigenvalue weighted by molar-refractivity contribution is 0.101. The standard InChI is InChI=1S/C19H28N2O.C10H13NO.C10H20.2C2H5N.CH4S/c1-8-11-21(6)13-15(3)20-12-14(2)18-9-10-19(22-7)17(5)16(18)4;1-3-8-6-9(11)4-5-10(8)7(2)12;1-3-4-5-6-10-7-9(2)8-10;2*1-2-3;1-2/h8-12H,13H2,1-7H3;4-6H,3,11H2,1-2H3;9-10H,3-8H2,1-2H3;2*2-3H,1H3;2H,1H3/b11-8-,14-12+,20-15?;;;;;. The van der Waals surface area contributed by atoms with Gasteiger partial charge in [0.15, 0.2) is 5.78 Å². The lowest BCUT2D eigenvalue weighted by Crippen LogP contribution is -2.20. The van der Waals surface area contributed by atoms with E-state index in [0.717, 1.165) is 58.6 Å². The first-order valence-corrected chi connectivity index (χ1v) is 19.5. The number of nitrogens with zero attached hydrogens (tertiary/aromatic N) is 2. The number of aryl methyl sites for hydroxylation is 1. The van der Waals surface area contributed by atoms with Gasteiger partial charge in [-0.15, -0.1) is 0 Å². The highest BCUT2D eigenvalue weighted by Crippen LogP contribution is 2.36. The number of benzene rings is 2. The third kappa shape index (κ3) is 23.8. The maximum atomic E-state index is 11.1. The lowest BCUT2D eigenvalue weighted by Gasteiger charge is -2.32. The molecule has 0 spiro atoms. The van der Waals surface area contributed by atoms with Gasteiger partial charge in [-0.2, -0.15) is 12.6 Å². The van der Waals surface area contributed by atoms with Gasteiger partial charge in [-0.25, -0.2) is 0 Å². The number of nitrogen functional groups attached to an aromatic ring is 1. The molecule has 4 N–H and O–H groups in total. The zero-order valence-electron chi connectivity index (χ0n) is 35.3. The fourth-order valence-corrected chi connectivity index (χ4v) is 5.67. The summed E-state index contributed by atoms with van der Waals surface area (Å²) in [5.74, 6) is 3.20. The van der Waals surface area contributed by atoms with Gasteiger partial charge in [-0.05, 0) is 163 Å². The van der Waals surface area contributed by atoms with Crippen LogP contribution in [0.5, 0.6) is 5.75 Å². The van der Waals surface area contributed by atoms with Crippen LogP contribution in [-0.2, 0) is 6.42 Å². The Morgan fingerprint density at radius 1 is 0.981 bits per heavy atom. The fourth-order valence-electron chi connectivity index (χ4n) is 5.67. The second-order valence-corrected chi connectivity index (χ2v) is 13.0. The third-order valence-electron chi connectivity index (χ3n) is 8.32. The van der Waals surface area contributed by atoms with Crippen molar-refractivity contribution in [3.8, 4) is 5.75 Å². The number of ether oxygens (including phenoxy) is 1. The molecule has 294 valence electrons. The van der Waals surface area contributed by atoms with Crippen LogP contribution in [0, 0.1) is 36.5 Å². The van der Waals surface area contributed by atoms with E-state index in [1.807, 2.05) is 51.5 Å². The van der Waals surface area contributed by atoms with Gasteiger partial charge in [-0.3, -0.25) is 9.79 Å². The molecule has 1 fully saturated rings. The molecular weight excluding hydrogens is 663 g/mol. The normalized spacial score (nSPS) is 14.4. The fraction of sp³-hybridized carbons (Fsp3) is 0.545. The number of unbranched alkanes of at least 4 members (excludes halogenated alkanes) is 2. The first-order valence-electron chi connectivity index (χ1n) is 18.6. The van der Waals surface area contributed by atoms with Crippen LogP contribution in [0.1, 0.15) is 133 Å². The maximum Gasteiger partial charge on any atom is 0.160 e. The Hall–Kier alpha value is -3.65. The average molecular weight is 738 g/mol. The van der Waals surface area contributed by atoms with Crippen molar-refractivity contribution in [1.29, 1.82) is 10.8 Å². The molecule has 0 radical (unpaired) electrons. The summed E-state index contributed by atoms with van der Waals surface area (Å²) in [7, 11) is 3.76. The third-order valence-corrected chi connectivity index (χ3v) is 8.32. The van der Waals surface area contributed by atoms with E-state index in [-0.39, 0.29) is 5.78 Å². The van der Waals surface area contributed by atoms with Crippen molar-refractivity contribution in [2.45, 2.75) is 121 Å². The Bertz CT molecular complexity index is 1350. The van der Waals surface area contributed by atoms with E-state index in [2.05, 4.69) is 70.1 Å². The second-order valence-electron chi connectivity index (χ2n) is 13.0. The van der Waals surface area contributed by atoms with Crippen molar-refractivity contribution in [1.82, 2.24) is 4.90 Å². The van der Waals surface area contributed by atoms with E-state index in [0.29, 0.717) is 0 Å². The Labute approximate surface area is 325 Å². The Morgan fingerprint density at radius 2 is 1.54 bits per heavy atom. The number of nitrogens with two attached hydrogens (primary N) is 1. The number of carbonyl (C=O) groups is 1. The van der Waals surface area contributed by atoms with E-state index in [4.69, 9.17) is 21.3 Å². The molecule has 7 nitrogen and oxygen atoms in total. The number of hydrogen-bond acceptors (Lipinski definition) is 8. The number of allylic oxidation sites excluding steroid dienone is 2. The minimum absolute atomic E-state index is 0.104.